The lowest BCUT2D eigenvalue weighted by atomic mass is 10.1. The van der Waals surface area contributed by atoms with E-state index in [4.69, 9.17) is 16.2 Å². The normalized spacial score (nSPS) is 17.0. The second-order valence-corrected chi connectivity index (χ2v) is 8.22. The van der Waals surface area contributed by atoms with Crippen LogP contribution in [0.2, 0.25) is 0 Å². The van der Waals surface area contributed by atoms with Gasteiger partial charge >= 0.3 is 0 Å². The van der Waals surface area contributed by atoms with Crippen LogP contribution in [0.1, 0.15) is 24.8 Å². The first-order chi connectivity index (χ1) is 14.0. The van der Waals surface area contributed by atoms with Gasteiger partial charge in [0, 0.05) is 18.8 Å². The van der Waals surface area contributed by atoms with Crippen LogP contribution in [-0.4, -0.2) is 71.3 Å². The van der Waals surface area contributed by atoms with Crippen molar-refractivity contribution in [3.05, 3.63) is 35.9 Å². The Kier molecular flexibility index (Phi) is 10.4. The fourth-order valence-corrected chi connectivity index (χ4v) is 3.88. The van der Waals surface area contributed by atoms with Crippen LogP contribution in [0.15, 0.2) is 30.3 Å². The number of nitrogens with one attached hydrogen (secondary N) is 1. The van der Waals surface area contributed by atoms with Gasteiger partial charge < -0.3 is 31.5 Å². The molecule has 1 aromatic rings. The third-order valence-corrected chi connectivity index (χ3v) is 5.68. The highest BCUT2D eigenvalue weighted by atomic mass is 32.2. The van der Waals surface area contributed by atoms with Crippen molar-refractivity contribution in [3.63, 3.8) is 0 Å². The van der Waals surface area contributed by atoms with Crippen LogP contribution in [0.5, 0.6) is 0 Å². The highest BCUT2D eigenvalue weighted by Crippen LogP contribution is 2.15. The summed E-state index contributed by atoms with van der Waals surface area (Å²) in [6.45, 7) is 1.61. The molecule has 6 N–H and O–H groups in total. The molecule has 0 bridgehead atoms. The lowest BCUT2D eigenvalue weighted by molar-refractivity contribution is -0.132. The number of rotatable bonds is 12. The summed E-state index contributed by atoms with van der Waals surface area (Å²) in [4.78, 5) is 25.9. The van der Waals surface area contributed by atoms with E-state index in [0.29, 0.717) is 26.0 Å². The van der Waals surface area contributed by atoms with E-state index < -0.39 is 24.1 Å². The lowest BCUT2D eigenvalue weighted by Crippen LogP contribution is -2.48. The van der Waals surface area contributed by atoms with Crippen molar-refractivity contribution in [2.24, 2.45) is 11.5 Å². The Morgan fingerprint density at radius 2 is 2.00 bits per heavy atom. The summed E-state index contributed by atoms with van der Waals surface area (Å²) in [5, 5.41) is 12.7. The fraction of sp³-hybridized carbons (Fsp3) is 0.600. The molecular formula is C20H32N4O4S. The highest BCUT2D eigenvalue weighted by molar-refractivity contribution is 7.99. The van der Waals surface area contributed by atoms with Crippen LogP contribution in [0, 0.1) is 0 Å². The second-order valence-electron chi connectivity index (χ2n) is 7.14. The van der Waals surface area contributed by atoms with E-state index in [-0.39, 0.29) is 12.5 Å². The lowest BCUT2D eigenvalue weighted by Gasteiger charge is -2.20. The minimum Gasteiger partial charge on any atom is -0.382 e. The second kappa shape index (κ2) is 12.8. The van der Waals surface area contributed by atoms with Crippen LogP contribution in [-0.2, 0) is 20.9 Å². The molecule has 1 aromatic carbocycles. The van der Waals surface area contributed by atoms with Gasteiger partial charge in [-0.1, -0.05) is 30.3 Å². The SMILES string of the molecule is NC(CCCCNC(=O)C(O)C(N)COCc1ccccc1)C(=O)N1CCSC1. The van der Waals surface area contributed by atoms with Gasteiger partial charge in [0.1, 0.15) is 6.10 Å². The van der Waals surface area contributed by atoms with Crippen molar-refractivity contribution in [2.75, 3.05) is 31.3 Å². The van der Waals surface area contributed by atoms with E-state index in [1.807, 2.05) is 30.3 Å². The Bertz CT molecular complexity index is 628. The van der Waals surface area contributed by atoms with Crippen molar-refractivity contribution in [1.82, 2.24) is 10.2 Å². The van der Waals surface area contributed by atoms with E-state index in [9.17, 15) is 14.7 Å². The minimum atomic E-state index is -1.33. The molecule has 1 saturated heterocycles. The van der Waals surface area contributed by atoms with Crippen LogP contribution in [0.3, 0.4) is 0 Å². The number of benzene rings is 1. The van der Waals surface area contributed by atoms with Crippen molar-refractivity contribution in [2.45, 2.75) is 44.1 Å². The summed E-state index contributed by atoms with van der Waals surface area (Å²) < 4.78 is 5.47. The van der Waals surface area contributed by atoms with Crippen molar-refractivity contribution in [3.8, 4) is 0 Å². The minimum absolute atomic E-state index is 0.00376. The summed E-state index contributed by atoms with van der Waals surface area (Å²) in [5.74, 6) is 1.16. The number of aliphatic hydroxyl groups excluding tert-OH is 1. The molecule has 29 heavy (non-hydrogen) atoms. The molecule has 8 nitrogen and oxygen atoms in total. The molecule has 1 aliphatic heterocycles. The molecule has 1 fully saturated rings. The third kappa shape index (κ3) is 8.31. The Hall–Kier alpha value is -1.65. The van der Waals surface area contributed by atoms with E-state index in [1.165, 1.54) is 0 Å². The van der Waals surface area contributed by atoms with Gasteiger partial charge in [-0.05, 0) is 24.8 Å². The quantitative estimate of drug-likeness (QED) is 0.348. The molecule has 2 amide bonds. The number of amides is 2. The topological polar surface area (TPSA) is 131 Å². The third-order valence-electron chi connectivity index (χ3n) is 4.72. The molecule has 3 atom stereocenters. The molecule has 162 valence electrons. The Morgan fingerprint density at radius 1 is 1.24 bits per heavy atom. The highest BCUT2D eigenvalue weighted by Gasteiger charge is 2.24. The largest absolute Gasteiger partial charge is 0.382 e. The van der Waals surface area contributed by atoms with Gasteiger partial charge in [-0.3, -0.25) is 9.59 Å². The first kappa shape index (κ1) is 23.6. The molecule has 1 heterocycles. The van der Waals surface area contributed by atoms with E-state index in [2.05, 4.69) is 5.32 Å². The Balaban J connectivity index is 1.54. The molecule has 9 heteroatoms. The van der Waals surface area contributed by atoms with E-state index in [1.54, 1.807) is 16.7 Å². The number of unbranched alkanes of at least 4 members (excludes halogenated alkanes) is 1. The Labute approximate surface area is 176 Å². The molecule has 3 unspecified atom stereocenters. The maximum absolute atomic E-state index is 12.1. The predicted molar refractivity (Wildman–Crippen MR) is 114 cm³/mol. The number of hydrogen-bond acceptors (Lipinski definition) is 7. The van der Waals surface area contributed by atoms with Gasteiger partial charge in [0.15, 0.2) is 0 Å². The zero-order valence-electron chi connectivity index (χ0n) is 16.7. The summed E-state index contributed by atoms with van der Waals surface area (Å²) in [6, 6.07) is 8.30. The predicted octanol–water partition coefficient (Wildman–Crippen LogP) is 0.0381. The van der Waals surface area contributed by atoms with Gasteiger partial charge in [0.25, 0.3) is 5.91 Å². The number of aliphatic hydroxyl groups is 1. The monoisotopic (exact) mass is 424 g/mol. The van der Waals surface area contributed by atoms with Crippen LogP contribution < -0.4 is 16.8 Å². The number of thioether (sulfide) groups is 1. The van der Waals surface area contributed by atoms with Crippen molar-refractivity contribution in [1.29, 1.82) is 0 Å². The van der Waals surface area contributed by atoms with Crippen LogP contribution in [0.4, 0.5) is 0 Å². The van der Waals surface area contributed by atoms with Gasteiger partial charge in [-0.2, -0.15) is 0 Å². The molecule has 0 aliphatic carbocycles. The summed E-state index contributed by atoms with van der Waals surface area (Å²) in [6.07, 6.45) is 0.637. The number of nitrogens with two attached hydrogens (primary N) is 2. The van der Waals surface area contributed by atoms with Gasteiger partial charge in [-0.25, -0.2) is 0 Å². The number of hydrogen-bond donors (Lipinski definition) is 4. The smallest absolute Gasteiger partial charge is 0.250 e. The molecule has 0 spiro atoms. The summed E-state index contributed by atoms with van der Waals surface area (Å²) >= 11 is 1.73. The molecule has 1 aliphatic rings. The first-order valence-electron chi connectivity index (χ1n) is 9.94. The summed E-state index contributed by atoms with van der Waals surface area (Å²) in [7, 11) is 0. The first-order valence-corrected chi connectivity index (χ1v) is 11.1. The van der Waals surface area contributed by atoms with Crippen molar-refractivity contribution < 1.29 is 19.4 Å². The molecular weight excluding hydrogens is 392 g/mol. The van der Waals surface area contributed by atoms with Crippen LogP contribution >= 0.6 is 11.8 Å². The van der Waals surface area contributed by atoms with E-state index in [0.717, 1.165) is 30.2 Å². The average Bonchev–Trinajstić information content (AvgIpc) is 3.27. The molecule has 0 saturated carbocycles. The standard InChI is InChI=1S/C20H32N4O4S/c21-16(20(27)24-10-11-29-14-24)8-4-5-9-23-19(26)18(25)17(22)13-28-12-15-6-2-1-3-7-15/h1-3,6-7,16-18,25H,4-5,8-14,21-22H2,(H,23,26). The molecule has 0 aromatic heterocycles. The number of nitrogens with zero attached hydrogens (tertiary/aromatic N) is 1. The zero-order chi connectivity index (χ0) is 21.1. The van der Waals surface area contributed by atoms with Gasteiger partial charge in [0.05, 0.1) is 31.2 Å². The van der Waals surface area contributed by atoms with Gasteiger partial charge in [0.2, 0.25) is 5.91 Å². The van der Waals surface area contributed by atoms with Crippen LogP contribution in [0.25, 0.3) is 0 Å². The summed E-state index contributed by atoms with van der Waals surface area (Å²) in [5.41, 5.74) is 12.8. The molecule has 0 radical (unpaired) electrons. The fourth-order valence-electron chi connectivity index (χ4n) is 2.92. The number of carbonyl (C=O) groups is 2. The Morgan fingerprint density at radius 3 is 2.69 bits per heavy atom. The number of carbonyl (C=O) groups excluding carboxylic acids is 2. The zero-order valence-corrected chi connectivity index (χ0v) is 17.5. The maximum atomic E-state index is 12.1. The van der Waals surface area contributed by atoms with Gasteiger partial charge in [-0.15, -0.1) is 11.8 Å². The van der Waals surface area contributed by atoms with E-state index >= 15 is 0 Å². The maximum Gasteiger partial charge on any atom is 0.250 e. The average molecular weight is 425 g/mol. The number of ether oxygens (including phenoxy) is 1. The molecule has 2 rings (SSSR count). The van der Waals surface area contributed by atoms with Crippen molar-refractivity contribution >= 4 is 23.6 Å².